The fraction of sp³-hybridized carbons (Fsp3) is 0.350. The predicted octanol–water partition coefficient (Wildman–Crippen LogP) is 3.92. The molecule has 2 aromatic carbocycles. The van der Waals surface area contributed by atoms with Gasteiger partial charge in [0, 0.05) is 11.6 Å². The van der Waals surface area contributed by atoms with E-state index in [0.29, 0.717) is 18.2 Å². The molecule has 1 amide bonds. The van der Waals surface area contributed by atoms with Crippen molar-refractivity contribution in [3.8, 4) is 5.75 Å². The Bertz CT molecular complexity index is 678. The van der Waals surface area contributed by atoms with Gasteiger partial charge in [-0.2, -0.15) is 0 Å². The van der Waals surface area contributed by atoms with Crippen molar-refractivity contribution in [2.75, 3.05) is 20.2 Å². The van der Waals surface area contributed by atoms with Gasteiger partial charge in [-0.05, 0) is 44.7 Å². The summed E-state index contributed by atoms with van der Waals surface area (Å²) in [5, 5.41) is 3.70. The predicted molar refractivity (Wildman–Crippen MR) is 102 cm³/mol. The quantitative estimate of drug-likeness (QED) is 0.775. The summed E-state index contributed by atoms with van der Waals surface area (Å²) >= 11 is 5.93. The Hall–Kier alpha value is -2.04. The maximum absolute atomic E-state index is 12.4. The summed E-state index contributed by atoms with van der Waals surface area (Å²) in [4.78, 5) is 14.4. The first-order valence-electron chi connectivity index (χ1n) is 8.41. The first-order valence-corrected chi connectivity index (χ1v) is 8.79. The molecule has 2 unspecified atom stereocenters. The lowest BCUT2D eigenvalue weighted by molar-refractivity contribution is -0.126. The van der Waals surface area contributed by atoms with Gasteiger partial charge in [0.05, 0.1) is 12.1 Å². The van der Waals surface area contributed by atoms with Gasteiger partial charge in [0.15, 0.2) is 0 Å². The van der Waals surface area contributed by atoms with Crippen LogP contribution in [0, 0.1) is 0 Å². The first kappa shape index (κ1) is 19.3. The molecule has 25 heavy (non-hydrogen) atoms. The van der Waals surface area contributed by atoms with Crippen LogP contribution >= 0.6 is 11.6 Å². The second-order valence-electron chi connectivity index (χ2n) is 6.10. The van der Waals surface area contributed by atoms with Gasteiger partial charge in [-0.1, -0.05) is 48.0 Å². The molecule has 0 saturated carbocycles. The summed E-state index contributed by atoms with van der Waals surface area (Å²) in [7, 11) is 1.92. The molecule has 4 nitrogen and oxygen atoms in total. The van der Waals surface area contributed by atoms with E-state index >= 15 is 0 Å². The number of hydrogen-bond donors (Lipinski definition) is 1. The van der Waals surface area contributed by atoms with Crippen LogP contribution < -0.4 is 10.1 Å². The average Bonchev–Trinajstić information content (AvgIpc) is 2.61. The summed E-state index contributed by atoms with van der Waals surface area (Å²) in [5.41, 5.74) is 1.09. The van der Waals surface area contributed by atoms with E-state index in [9.17, 15) is 4.79 Å². The van der Waals surface area contributed by atoms with Gasteiger partial charge in [0.25, 0.3) is 0 Å². The fourth-order valence-electron chi connectivity index (χ4n) is 2.42. The zero-order valence-electron chi connectivity index (χ0n) is 14.9. The number of hydrogen-bond acceptors (Lipinski definition) is 3. The Kier molecular flexibility index (Phi) is 7.29. The molecular formula is C20H25ClN2O2. The normalized spacial score (nSPS) is 13.3. The molecule has 0 aliphatic heterocycles. The number of carbonyl (C=O) groups excluding carboxylic acids is 1. The molecule has 5 heteroatoms. The average molecular weight is 361 g/mol. The standard InChI is InChI=1S/C20H25ClN2O2/c1-15(17-8-5-4-6-9-17)22-20(24)16(2)23(3)12-13-25-19-11-7-10-18(21)14-19/h4-11,14-16H,12-13H2,1-3H3,(H,22,24). The Morgan fingerprint density at radius 2 is 1.88 bits per heavy atom. The van der Waals surface area contributed by atoms with Gasteiger partial charge in [0.1, 0.15) is 12.4 Å². The fourth-order valence-corrected chi connectivity index (χ4v) is 2.60. The van der Waals surface area contributed by atoms with Crippen LogP contribution in [0.25, 0.3) is 0 Å². The minimum atomic E-state index is -0.242. The Morgan fingerprint density at radius 3 is 2.56 bits per heavy atom. The highest BCUT2D eigenvalue weighted by Crippen LogP contribution is 2.17. The monoisotopic (exact) mass is 360 g/mol. The molecule has 0 bridgehead atoms. The number of likely N-dealkylation sites (N-methyl/N-ethyl adjacent to an activating group) is 1. The van der Waals surface area contributed by atoms with Crippen LogP contribution in [0.15, 0.2) is 54.6 Å². The number of halogens is 1. The molecule has 2 atom stereocenters. The number of amides is 1. The summed E-state index contributed by atoms with van der Waals surface area (Å²) < 4.78 is 5.68. The molecule has 0 spiro atoms. The smallest absolute Gasteiger partial charge is 0.237 e. The second-order valence-corrected chi connectivity index (χ2v) is 6.54. The van der Waals surface area contributed by atoms with Gasteiger partial charge in [0.2, 0.25) is 5.91 Å². The highest BCUT2D eigenvalue weighted by atomic mass is 35.5. The van der Waals surface area contributed by atoms with E-state index in [4.69, 9.17) is 16.3 Å². The summed E-state index contributed by atoms with van der Waals surface area (Å²) in [5.74, 6) is 0.734. The lowest BCUT2D eigenvalue weighted by atomic mass is 10.1. The zero-order chi connectivity index (χ0) is 18.2. The van der Waals surface area contributed by atoms with Crippen molar-refractivity contribution in [2.45, 2.75) is 25.9 Å². The molecule has 2 rings (SSSR count). The van der Waals surface area contributed by atoms with Crippen LogP contribution in [0.5, 0.6) is 5.75 Å². The topological polar surface area (TPSA) is 41.6 Å². The zero-order valence-corrected chi connectivity index (χ0v) is 15.7. The van der Waals surface area contributed by atoms with Crippen LogP contribution in [-0.2, 0) is 4.79 Å². The van der Waals surface area contributed by atoms with Crippen molar-refractivity contribution in [2.24, 2.45) is 0 Å². The summed E-state index contributed by atoms with van der Waals surface area (Å²) in [6.45, 7) is 5.01. The second kappa shape index (κ2) is 9.44. The molecule has 0 aliphatic carbocycles. The Balaban J connectivity index is 1.78. The molecule has 0 radical (unpaired) electrons. The van der Waals surface area contributed by atoms with Crippen LogP contribution in [-0.4, -0.2) is 37.0 Å². The van der Waals surface area contributed by atoms with Crippen molar-refractivity contribution in [1.29, 1.82) is 0 Å². The number of benzene rings is 2. The third-order valence-electron chi connectivity index (χ3n) is 4.21. The highest BCUT2D eigenvalue weighted by molar-refractivity contribution is 6.30. The molecule has 2 aromatic rings. The first-order chi connectivity index (χ1) is 12.0. The molecule has 0 aliphatic rings. The van der Waals surface area contributed by atoms with Gasteiger partial charge in [-0.25, -0.2) is 0 Å². The van der Waals surface area contributed by atoms with E-state index in [0.717, 1.165) is 11.3 Å². The van der Waals surface area contributed by atoms with Crippen LogP contribution in [0.4, 0.5) is 0 Å². The van der Waals surface area contributed by atoms with Crippen molar-refractivity contribution >= 4 is 17.5 Å². The largest absolute Gasteiger partial charge is 0.492 e. The van der Waals surface area contributed by atoms with Crippen molar-refractivity contribution in [1.82, 2.24) is 10.2 Å². The number of rotatable bonds is 8. The van der Waals surface area contributed by atoms with Crippen LogP contribution in [0.2, 0.25) is 5.02 Å². The molecule has 134 valence electrons. The van der Waals surface area contributed by atoms with Gasteiger partial charge < -0.3 is 10.1 Å². The van der Waals surface area contributed by atoms with E-state index in [2.05, 4.69) is 5.32 Å². The molecule has 1 N–H and O–H groups in total. The lowest BCUT2D eigenvalue weighted by Gasteiger charge is -2.25. The van der Waals surface area contributed by atoms with Gasteiger partial charge in [-0.3, -0.25) is 9.69 Å². The lowest BCUT2D eigenvalue weighted by Crippen LogP contribution is -2.45. The number of nitrogens with zero attached hydrogens (tertiary/aromatic N) is 1. The van der Waals surface area contributed by atoms with E-state index in [1.165, 1.54) is 0 Å². The van der Waals surface area contributed by atoms with E-state index < -0.39 is 0 Å². The van der Waals surface area contributed by atoms with Gasteiger partial charge in [-0.15, -0.1) is 0 Å². The number of nitrogens with one attached hydrogen (secondary N) is 1. The molecule has 0 heterocycles. The van der Waals surface area contributed by atoms with E-state index in [-0.39, 0.29) is 18.0 Å². The van der Waals surface area contributed by atoms with Crippen molar-refractivity contribution < 1.29 is 9.53 Å². The minimum absolute atomic E-state index is 0.00149. The minimum Gasteiger partial charge on any atom is -0.492 e. The maximum Gasteiger partial charge on any atom is 0.237 e. The van der Waals surface area contributed by atoms with Gasteiger partial charge >= 0.3 is 0 Å². The molecule has 0 saturated heterocycles. The van der Waals surface area contributed by atoms with Crippen LogP contribution in [0.3, 0.4) is 0 Å². The Morgan fingerprint density at radius 1 is 1.16 bits per heavy atom. The highest BCUT2D eigenvalue weighted by Gasteiger charge is 2.19. The van der Waals surface area contributed by atoms with E-state index in [1.807, 2.05) is 68.3 Å². The number of carbonyl (C=O) groups is 1. The third kappa shape index (κ3) is 6.07. The van der Waals surface area contributed by atoms with Crippen molar-refractivity contribution in [3.63, 3.8) is 0 Å². The third-order valence-corrected chi connectivity index (χ3v) is 4.44. The van der Waals surface area contributed by atoms with E-state index in [1.54, 1.807) is 12.1 Å². The van der Waals surface area contributed by atoms with Crippen molar-refractivity contribution in [3.05, 3.63) is 65.2 Å². The molecule has 0 fully saturated rings. The maximum atomic E-state index is 12.4. The summed E-state index contributed by atoms with van der Waals surface area (Å²) in [6.07, 6.45) is 0. The van der Waals surface area contributed by atoms with Crippen LogP contribution in [0.1, 0.15) is 25.5 Å². The number of ether oxygens (including phenoxy) is 1. The molecular weight excluding hydrogens is 336 g/mol. The SMILES string of the molecule is CC(NC(=O)C(C)N(C)CCOc1cccc(Cl)c1)c1ccccc1. The molecule has 0 aromatic heterocycles. The Labute approximate surface area is 154 Å². The summed E-state index contributed by atoms with van der Waals surface area (Å²) in [6, 6.07) is 17.0.